The van der Waals surface area contributed by atoms with Gasteiger partial charge in [0.2, 0.25) is 0 Å². The fourth-order valence-corrected chi connectivity index (χ4v) is 2.51. The highest BCUT2D eigenvalue weighted by Crippen LogP contribution is 2.17. The van der Waals surface area contributed by atoms with Gasteiger partial charge >= 0.3 is 0 Å². The van der Waals surface area contributed by atoms with Crippen LogP contribution in [-0.2, 0) is 17.8 Å². The first kappa shape index (κ1) is 16.4. The molecule has 0 spiro atoms. The summed E-state index contributed by atoms with van der Waals surface area (Å²) in [7, 11) is 0. The molecule has 1 aromatic rings. The van der Waals surface area contributed by atoms with Gasteiger partial charge in [-0.3, -0.25) is 0 Å². The molecule has 0 amide bonds. The predicted octanol–water partition coefficient (Wildman–Crippen LogP) is 1.03. The number of nitrogens with zero attached hydrogens (tertiary/aromatic N) is 3. The van der Waals surface area contributed by atoms with Gasteiger partial charge in [-0.25, -0.2) is 0 Å². The van der Waals surface area contributed by atoms with Crippen LogP contribution in [0.15, 0.2) is 5.16 Å². The minimum Gasteiger partial charge on any atom is -0.390 e. The molecule has 3 N–H and O–H groups in total. The highest BCUT2D eigenvalue weighted by Gasteiger charge is 2.12. The molecule has 6 nitrogen and oxygen atoms in total. The Morgan fingerprint density at radius 2 is 2.21 bits per heavy atom. The van der Waals surface area contributed by atoms with Crippen LogP contribution in [0.4, 0.5) is 0 Å². The smallest absolute Gasteiger partial charge is 0.191 e. The van der Waals surface area contributed by atoms with Gasteiger partial charge in [0.05, 0.1) is 19.3 Å². The molecule has 1 atom stereocenters. The Kier molecular flexibility index (Phi) is 8.04. The second-order valence-electron chi connectivity index (χ2n) is 4.24. The minimum absolute atomic E-state index is 0.372. The van der Waals surface area contributed by atoms with Crippen molar-refractivity contribution in [2.24, 2.45) is 5.73 Å². The summed E-state index contributed by atoms with van der Waals surface area (Å²) in [5, 5.41) is 18.7. The maximum atomic E-state index is 9.81. The van der Waals surface area contributed by atoms with Crippen LogP contribution >= 0.6 is 11.8 Å². The van der Waals surface area contributed by atoms with Crippen LogP contribution in [-0.4, -0.2) is 44.9 Å². The van der Waals surface area contributed by atoms with Gasteiger partial charge < -0.3 is 20.1 Å². The molecule has 0 fully saturated rings. The van der Waals surface area contributed by atoms with E-state index in [0.717, 1.165) is 30.4 Å². The molecule has 0 aromatic carbocycles. The lowest BCUT2D eigenvalue weighted by molar-refractivity contribution is 0.0473. The molecule has 1 rings (SSSR count). The third-order valence-electron chi connectivity index (χ3n) is 2.65. The fourth-order valence-electron chi connectivity index (χ4n) is 1.58. The van der Waals surface area contributed by atoms with Crippen molar-refractivity contribution in [2.75, 3.05) is 19.0 Å². The molecule has 0 radical (unpaired) electrons. The number of unbranched alkanes of at least 4 members (excludes halogenated alkanes) is 1. The number of ether oxygens (including phenoxy) is 1. The first-order valence-corrected chi connectivity index (χ1v) is 7.72. The van der Waals surface area contributed by atoms with Crippen LogP contribution < -0.4 is 5.73 Å². The molecule has 0 aliphatic rings. The topological polar surface area (TPSA) is 86.2 Å². The number of hydrogen-bond donors (Lipinski definition) is 2. The highest BCUT2D eigenvalue weighted by molar-refractivity contribution is 7.99. The molecule has 1 aromatic heterocycles. The molecule has 0 saturated heterocycles. The van der Waals surface area contributed by atoms with Gasteiger partial charge in [0.1, 0.15) is 5.82 Å². The van der Waals surface area contributed by atoms with Crippen molar-refractivity contribution in [3.63, 3.8) is 0 Å². The Balaban J connectivity index is 2.33. The van der Waals surface area contributed by atoms with E-state index in [2.05, 4.69) is 17.1 Å². The molecule has 7 heteroatoms. The summed E-state index contributed by atoms with van der Waals surface area (Å²) in [6.07, 6.45) is 1.65. The Labute approximate surface area is 118 Å². The Hall–Kier alpha value is -0.630. The van der Waals surface area contributed by atoms with E-state index >= 15 is 0 Å². The molecule has 1 heterocycles. The summed E-state index contributed by atoms with van der Waals surface area (Å²) < 4.78 is 7.35. The lowest BCUT2D eigenvalue weighted by Crippen LogP contribution is -2.19. The molecule has 0 bridgehead atoms. The summed E-state index contributed by atoms with van der Waals surface area (Å²) in [4.78, 5) is 0. The van der Waals surface area contributed by atoms with Crippen molar-refractivity contribution in [1.29, 1.82) is 0 Å². The SMILES string of the molecule is CCCCOCC(O)CSc1nnc(CN)n1CC. The molecule has 19 heavy (non-hydrogen) atoms. The number of rotatable bonds is 10. The molecule has 0 aliphatic carbocycles. The Morgan fingerprint density at radius 3 is 2.84 bits per heavy atom. The molecular weight excluding hydrogens is 264 g/mol. The summed E-state index contributed by atoms with van der Waals surface area (Å²) in [5.41, 5.74) is 5.59. The van der Waals surface area contributed by atoms with Gasteiger partial charge in [0, 0.05) is 18.9 Å². The number of aliphatic hydroxyl groups is 1. The summed E-state index contributed by atoms with van der Waals surface area (Å²) in [5.74, 6) is 1.33. The average Bonchev–Trinajstić information content (AvgIpc) is 2.83. The Bertz CT molecular complexity index is 359. The first-order valence-electron chi connectivity index (χ1n) is 6.73. The van der Waals surface area contributed by atoms with Gasteiger partial charge in [-0.2, -0.15) is 0 Å². The predicted molar refractivity (Wildman–Crippen MR) is 76.0 cm³/mol. The zero-order valence-corrected chi connectivity index (χ0v) is 12.5. The third-order valence-corrected chi connectivity index (χ3v) is 3.76. The van der Waals surface area contributed by atoms with E-state index in [1.54, 1.807) is 0 Å². The number of nitrogens with two attached hydrogens (primary N) is 1. The second kappa shape index (κ2) is 9.30. The van der Waals surface area contributed by atoms with Gasteiger partial charge in [-0.1, -0.05) is 25.1 Å². The summed E-state index contributed by atoms with van der Waals surface area (Å²) in [6.45, 7) is 6.38. The summed E-state index contributed by atoms with van der Waals surface area (Å²) >= 11 is 1.48. The third kappa shape index (κ3) is 5.48. The number of hydrogen-bond acceptors (Lipinski definition) is 6. The number of aliphatic hydroxyl groups excluding tert-OH is 1. The normalized spacial score (nSPS) is 12.8. The highest BCUT2D eigenvalue weighted by atomic mass is 32.2. The molecular formula is C12H24N4O2S. The van der Waals surface area contributed by atoms with Crippen molar-refractivity contribution in [2.45, 2.75) is 51.0 Å². The monoisotopic (exact) mass is 288 g/mol. The largest absolute Gasteiger partial charge is 0.390 e. The quantitative estimate of drug-likeness (QED) is 0.494. The van der Waals surface area contributed by atoms with Crippen molar-refractivity contribution in [3.05, 3.63) is 5.82 Å². The fraction of sp³-hybridized carbons (Fsp3) is 0.833. The van der Waals surface area contributed by atoms with Crippen LogP contribution in [0.3, 0.4) is 0 Å². The van der Waals surface area contributed by atoms with Crippen LogP contribution in [0.5, 0.6) is 0 Å². The molecule has 0 aliphatic heterocycles. The zero-order chi connectivity index (χ0) is 14.1. The zero-order valence-electron chi connectivity index (χ0n) is 11.7. The van der Waals surface area contributed by atoms with E-state index in [1.807, 2.05) is 11.5 Å². The second-order valence-corrected chi connectivity index (χ2v) is 5.23. The summed E-state index contributed by atoms with van der Waals surface area (Å²) in [6, 6.07) is 0. The molecule has 110 valence electrons. The van der Waals surface area contributed by atoms with Crippen LogP contribution in [0.1, 0.15) is 32.5 Å². The first-order chi connectivity index (χ1) is 9.22. The van der Waals surface area contributed by atoms with E-state index in [-0.39, 0.29) is 0 Å². The lowest BCUT2D eigenvalue weighted by atomic mass is 10.3. The van der Waals surface area contributed by atoms with E-state index in [4.69, 9.17) is 10.5 Å². The maximum Gasteiger partial charge on any atom is 0.191 e. The van der Waals surface area contributed by atoms with E-state index < -0.39 is 6.10 Å². The van der Waals surface area contributed by atoms with E-state index in [9.17, 15) is 5.11 Å². The maximum absolute atomic E-state index is 9.81. The van der Waals surface area contributed by atoms with Crippen molar-refractivity contribution in [3.8, 4) is 0 Å². The van der Waals surface area contributed by atoms with Gasteiger partial charge in [-0.05, 0) is 13.3 Å². The molecule has 0 saturated carbocycles. The van der Waals surface area contributed by atoms with Crippen LogP contribution in [0.2, 0.25) is 0 Å². The van der Waals surface area contributed by atoms with E-state index in [0.29, 0.717) is 25.5 Å². The molecule has 1 unspecified atom stereocenters. The van der Waals surface area contributed by atoms with Gasteiger partial charge in [-0.15, -0.1) is 10.2 Å². The van der Waals surface area contributed by atoms with Crippen molar-refractivity contribution >= 4 is 11.8 Å². The van der Waals surface area contributed by atoms with Gasteiger partial charge in [0.25, 0.3) is 0 Å². The van der Waals surface area contributed by atoms with Crippen LogP contribution in [0.25, 0.3) is 0 Å². The number of thioether (sulfide) groups is 1. The number of aromatic nitrogens is 3. The average molecular weight is 288 g/mol. The lowest BCUT2D eigenvalue weighted by Gasteiger charge is -2.11. The minimum atomic E-state index is -0.481. The van der Waals surface area contributed by atoms with Crippen molar-refractivity contribution < 1.29 is 9.84 Å². The van der Waals surface area contributed by atoms with Gasteiger partial charge in [0.15, 0.2) is 5.16 Å². The van der Waals surface area contributed by atoms with Crippen molar-refractivity contribution in [1.82, 2.24) is 14.8 Å². The van der Waals surface area contributed by atoms with E-state index in [1.165, 1.54) is 11.8 Å². The Morgan fingerprint density at radius 1 is 1.42 bits per heavy atom. The standard InChI is InChI=1S/C12H24N4O2S/c1-3-5-6-18-8-10(17)9-19-12-15-14-11(7-13)16(12)4-2/h10,17H,3-9,13H2,1-2H3. The van der Waals surface area contributed by atoms with Crippen LogP contribution in [0, 0.1) is 0 Å².